The van der Waals surface area contributed by atoms with Crippen molar-refractivity contribution in [3.63, 3.8) is 0 Å². The number of benzene rings is 2. The molecule has 0 spiro atoms. The average Bonchev–Trinajstić information content (AvgIpc) is 2.56. The Morgan fingerprint density at radius 3 is 1.96 bits per heavy atom. The molecular formula is C15H10O9. The van der Waals surface area contributed by atoms with E-state index in [2.05, 4.69) is 0 Å². The van der Waals surface area contributed by atoms with Crippen LogP contribution in [0.2, 0.25) is 0 Å². The van der Waals surface area contributed by atoms with Gasteiger partial charge in [-0.05, 0) is 18.2 Å². The van der Waals surface area contributed by atoms with Crippen molar-refractivity contribution in [2.45, 2.75) is 0 Å². The van der Waals surface area contributed by atoms with Gasteiger partial charge in [-0.25, -0.2) is 0 Å². The summed E-state index contributed by atoms with van der Waals surface area (Å²) in [6, 6.07) is 3.26. The van der Waals surface area contributed by atoms with E-state index in [1.54, 1.807) is 0 Å². The predicted octanol–water partition coefficient (Wildman–Crippen LogP) is 1.40. The second kappa shape index (κ2) is 4.88. The second-order valence-corrected chi connectivity index (χ2v) is 4.91. The molecule has 2 aromatic carbocycles. The van der Waals surface area contributed by atoms with Gasteiger partial charge in [0, 0.05) is 5.56 Å². The Bertz CT molecular complexity index is 1050. The Morgan fingerprint density at radius 1 is 0.708 bits per heavy atom. The summed E-state index contributed by atoms with van der Waals surface area (Å²) in [5, 5.41) is 66.6. The van der Waals surface area contributed by atoms with E-state index in [0.717, 1.165) is 12.1 Å². The largest absolute Gasteiger partial charge is 0.504 e. The Hall–Kier alpha value is -3.75. The zero-order valence-electron chi connectivity index (χ0n) is 11.7. The number of phenolic OH excluding ortho intramolecular Hbond substituents is 6. The normalized spacial score (nSPS) is 11.0. The van der Waals surface area contributed by atoms with Crippen molar-refractivity contribution in [1.82, 2.24) is 0 Å². The maximum absolute atomic E-state index is 12.2. The first-order valence-electron chi connectivity index (χ1n) is 6.42. The molecule has 3 rings (SSSR count). The standard InChI is InChI=1S/C15H10O9/c16-5-2-1-4(3-6(5)17)14-12(22)9(19)7-8(18)10(20)11(21)13(23)15(7)24-14/h1-3,16-18,20-23H. The number of phenols is 6. The Kier molecular flexibility index (Phi) is 3.08. The first-order valence-corrected chi connectivity index (χ1v) is 6.42. The van der Waals surface area contributed by atoms with Crippen molar-refractivity contribution >= 4 is 11.0 Å². The van der Waals surface area contributed by atoms with Gasteiger partial charge >= 0.3 is 0 Å². The zero-order valence-corrected chi connectivity index (χ0v) is 11.7. The van der Waals surface area contributed by atoms with Crippen LogP contribution in [-0.4, -0.2) is 35.7 Å². The summed E-state index contributed by atoms with van der Waals surface area (Å²) in [6.07, 6.45) is 0. The van der Waals surface area contributed by atoms with Gasteiger partial charge in [0.05, 0.1) is 0 Å². The highest BCUT2D eigenvalue weighted by atomic mass is 16.4. The molecular weight excluding hydrogens is 324 g/mol. The maximum atomic E-state index is 12.2. The summed E-state index contributed by atoms with van der Waals surface area (Å²) in [5.41, 5.74) is -1.91. The van der Waals surface area contributed by atoms with Crippen LogP contribution in [0.15, 0.2) is 27.4 Å². The van der Waals surface area contributed by atoms with Crippen molar-refractivity contribution in [2.24, 2.45) is 0 Å². The fourth-order valence-corrected chi connectivity index (χ4v) is 2.22. The molecule has 9 nitrogen and oxygen atoms in total. The molecule has 3 aromatic rings. The summed E-state index contributed by atoms with van der Waals surface area (Å²) in [6.45, 7) is 0. The molecule has 0 saturated carbocycles. The molecule has 1 heterocycles. The highest BCUT2D eigenvalue weighted by molar-refractivity contribution is 5.95. The molecule has 1 aromatic heterocycles. The molecule has 0 aliphatic rings. The summed E-state index contributed by atoms with van der Waals surface area (Å²) >= 11 is 0. The number of hydrogen-bond acceptors (Lipinski definition) is 9. The Labute approximate surface area is 132 Å². The van der Waals surface area contributed by atoms with E-state index < -0.39 is 62.4 Å². The molecule has 0 amide bonds. The maximum Gasteiger partial charge on any atom is 0.239 e. The second-order valence-electron chi connectivity index (χ2n) is 4.91. The molecule has 9 heteroatoms. The summed E-state index contributed by atoms with van der Waals surface area (Å²) in [4.78, 5) is 12.2. The molecule has 124 valence electrons. The number of fused-ring (bicyclic) bond motifs is 1. The van der Waals surface area contributed by atoms with Gasteiger partial charge in [-0.3, -0.25) is 4.79 Å². The minimum Gasteiger partial charge on any atom is -0.504 e. The lowest BCUT2D eigenvalue weighted by Crippen LogP contribution is -2.03. The van der Waals surface area contributed by atoms with Crippen molar-refractivity contribution in [3.8, 4) is 51.6 Å². The molecule has 0 radical (unpaired) electrons. The van der Waals surface area contributed by atoms with E-state index in [1.165, 1.54) is 6.07 Å². The van der Waals surface area contributed by atoms with Crippen LogP contribution >= 0.6 is 0 Å². The average molecular weight is 334 g/mol. The third-order valence-corrected chi connectivity index (χ3v) is 3.45. The monoisotopic (exact) mass is 334 g/mol. The highest BCUT2D eigenvalue weighted by Crippen LogP contribution is 2.49. The quantitative estimate of drug-likeness (QED) is 0.256. The smallest absolute Gasteiger partial charge is 0.239 e. The summed E-state index contributed by atoms with van der Waals surface area (Å²) < 4.78 is 5.18. The lowest BCUT2D eigenvalue weighted by Gasteiger charge is -2.11. The topological polar surface area (TPSA) is 172 Å². The number of aromatic hydroxyl groups is 7. The van der Waals surface area contributed by atoms with Crippen LogP contribution in [0.4, 0.5) is 0 Å². The van der Waals surface area contributed by atoms with Crippen LogP contribution in [0.3, 0.4) is 0 Å². The fourth-order valence-electron chi connectivity index (χ4n) is 2.22. The van der Waals surface area contributed by atoms with E-state index in [1.807, 2.05) is 0 Å². The Balaban J connectivity index is 2.46. The van der Waals surface area contributed by atoms with Crippen LogP contribution in [-0.2, 0) is 0 Å². The van der Waals surface area contributed by atoms with Crippen LogP contribution < -0.4 is 5.43 Å². The van der Waals surface area contributed by atoms with Crippen LogP contribution in [0, 0.1) is 0 Å². The molecule has 0 saturated heterocycles. The highest BCUT2D eigenvalue weighted by Gasteiger charge is 2.26. The first kappa shape index (κ1) is 15.2. The van der Waals surface area contributed by atoms with E-state index >= 15 is 0 Å². The van der Waals surface area contributed by atoms with Gasteiger partial charge < -0.3 is 40.2 Å². The number of hydrogen-bond donors (Lipinski definition) is 7. The van der Waals surface area contributed by atoms with Crippen LogP contribution in [0.5, 0.6) is 40.2 Å². The van der Waals surface area contributed by atoms with Gasteiger partial charge in [-0.2, -0.15) is 0 Å². The lowest BCUT2D eigenvalue weighted by atomic mass is 10.1. The van der Waals surface area contributed by atoms with E-state index in [4.69, 9.17) is 4.42 Å². The molecule has 24 heavy (non-hydrogen) atoms. The van der Waals surface area contributed by atoms with Gasteiger partial charge in [-0.1, -0.05) is 0 Å². The van der Waals surface area contributed by atoms with Crippen molar-refractivity contribution in [3.05, 3.63) is 28.4 Å². The number of rotatable bonds is 1. The van der Waals surface area contributed by atoms with E-state index in [9.17, 15) is 40.5 Å². The fraction of sp³-hybridized carbons (Fsp3) is 0. The summed E-state index contributed by atoms with van der Waals surface area (Å²) in [5.74, 6) is -6.86. The van der Waals surface area contributed by atoms with E-state index in [-0.39, 0.29) is 5.56 Å². The predicted molar refractivity (Wildman–Crippen MR) is 79.6 cm³/mol. The molecule has 0 fully saturated rings. The van der Waals surface area contributed by atoms with Crippen LogP contribution in [0.25, 0.3) is 22.3 Å². The lowest BCUT2D eigenvalue weighted by molar-refractivity contribution is 0.345. The third kappa shape index (κ3) is 1.92. The van der Waals surface area contributed by atoms with Gasteiger partial charge in [-0.15, -0.1) is 0 Å². The molecule has 0 unspecified atom stereocenters. The minimum atomic E-state index is -1.19. The Morgan fingerprint density at radius 2 is 1.33 bits per heavy atom. The van der Waals surface area contributed by atoms with Gasteiger partial charge in [0.15, 0.2) is 28.6 Å². The van der Waals surface area contributed by atoms with Gasteiger partial charge in [0.25, 0.3) is 0 Å². The first-order chi connectivity index (χ1) is 11.2. The van der Waals surface area contributed by atoms with Gasteiger partial charge in [0.1, 0.15) is 5.39 Å². The van der Waals surface area contributed by atoms with E-state index in [0.29, 0.717) is 0 Å². The van der Waals surface area contributed by atoms with Crippen molar-refractivity contribution < 1.29 is 40.2 Å². The molecule has 0 aliphatic carbocycles. The minimum absolute atomic E-state index is 0.0340. The third-order valence-electron chi connectivity index (χ3n) is 3.45. The van der Waals surface area contributed by atoms with Gasteiger partial charge in [0.2, 0.25) is 28.4 Å². The molecule has 0 atom stereocenters. The van der Waals surface area contributed by atoms with Crippen molar-refractivity contribution in [1.29, 1.82) is 0 Å². The molecule has 7 N–H and O–H groups in total. The van der Waals surface area contributed by atoms with Crippen LogP contribution in [0.1, 0.15) is 0 Å². The summed E-state index contributed by atoms with van der Waals surface area (Å²) in [7, 11) is 0. The SMILES string of the molecule is O=c1c(O)c(-c2ccc(O)c(O)c2)oc2c(O)c(O)c(O)c(O)c12. The molecule has 0 bridgehead atoms. The molecule has 0 aliphatic heterocycles. The zero-order chi connectivity index (χ0) is 17.8. The van der Waals surface area contributed by atoms with Crippen molar-refractivity contribution in [2.75, 3.05) is 0 Å².